The summed E-state index contributed by atoms with van der Waals surface area (Å²) in [5.41, 5.74) is 0. The van der Waals surface area contributed by atoms with Gasteiger partial charge in [-0.25, -0.2) is 0 Å². The van der Waals surface area contributed by atoms with Gasteiger partial charge in [-0.15, -0.1) is 0 Å². The molecule has 1 aliphatic rings. The molecule has 1 saturated heterocycles. The molecule has 1 fully saturated rings. The quantitative estimate of drug-likeness (QED) is 0.690. The van der Waals surface area contributed by atoms with Crippen LogP contribution in [-0.4, -0.2) is 85.6 Å². The molecule has 0 aromatic heterocycles. The van der Waals surface area contributed by atoms with Gasteiger partial charge in [-0.1, -0.05) is 0 Å². The number of hydrogen-bond donors (Lipinski definition) is 1. The molecule has 0 radical (unpaired) electrons. The summed E-state index contributed by atoms with van der Waals surface area (Å²) in [5, 5.41) is 3.29. The van der Waals surface area contributed by atoms with Crippen LogP contribution >= 0.6 is 0 Å². The Labute approximate surface area is 124 Å². The van der Waals surface area contributed by atoms with Gasteiger partial charge >= 0.3 is 0 Å². The average Bonchev–Trinajstić information content (AvgIpc) is 2.38. The van der Waals surface area contributed by atoms with Crippen LogP contribution in [0, 0.1) is 0 Å². The van der Waals surface area contributed by atoms with E-state index >= 15 is 0 Å². The minimum absolute atomic E-state index is 0.235. The first-order valence-corrected chi connectivity index (χ1v) is 7.84. The Morgan fingerprint density at radius 3 is 2.15 bits per heavy atom. The molecule has 0 aromatic carbocycles. The van der Waals surface area contributed by atoms with Crippen LogP contribution in [-0.2, 0) is 4.79 Å². The summed E-state index contributed by atoms with van der Waals surface area (Å²) in [5.74, 6) is 0.235. The van der Waals surface area contributed by atoms with E-state index < -0.39 is 0 Å². The maximum Gasteiger partial charge on any atom is 0.236 e. The number of carbonyl (C=O) groups excluding carboxylic acids is 1. The summed E-state index contributed by atoms with van der Waals surface area (Å²) in [7, 11) is 2.10. The highest BCUT2D eigenvalue weighted by atomic mass is 16.2. The first-order chi connectivity index (χ1) is 9.41. The standard InChI is InChI=1S/C15H32N4O/c1-13(2)19(14(3)4)7-6-16-12-15(20)18-10-8-17(5)9-11-18/h13-14,16H,6-12H2,1-5H3. The fourth-order valence-electron chi connectivity index (χ4n) is 2.68. The molecule has 0 saturated carbocycles. The van der Waals surface area contributed by atoms with E-state index in [1.54, 1.807) is 0 Å². The second-order valence-electron chi connectivity index (χ2n) is 6.29. The fraction of sp³-hybridized carbons (Fsp3) is 0.933. The lowest BCUT2D eigenvalue weighted by Gasteiger charge is -2.33. The largest absolute Gasteiger partial charge is 0.339 e. The molecular formula is C15H32N4O. The highest BCUT2D eigenvalue weighted by Gasteiger charge is 2.18. The number of nitrogens with one attached hydrogen (secondary N) is 1. The van der Waals surface area contributed by atoms with Gasteiger partial charge in [0.15, 0.2) is 0 Å². The number of amides is 1. The van der Waals surface area contributed by atoms with Gasteiger partial charge in [-0.2, -0.15) is 0 Å². The molecule has 1 N–H and O–H groups in total. The van der Waals surface area contributed by atoms with E-state index in [1.807, 2.05) is 4.90 Å². The molecule has 5 nitrogen and oxygen atoms in total. The summed E-state index contributed by atoms with van der Waals surface area (Å²) in [4.78, 5) is 18.7. The number of piperazine rings is 1. The Bertz CT molecular complexity index is 278. The van der Waals surface area contributed by atoms with E-state index in [-0.39, 0.29) is 5.91 Å². The maximum absolute atomic E-state index is 12.0. The van der Waals surface area contributed by atoms with Crippen LogP contribution in [0.2, 0.25) is 0 Å². The Kier molecular flexibility index (Phi) is 7.48. The third-order valence-corrected chi connectivity index (χ3v) is 4.01. The second kappa shape index (κ2) is 8.60. The second-order valence-corrected chi connectivity index (χ2v) is 6.29. The molecule has 0 aliphatic carbocycles. The topological polar surface area (TPSA) is 38.8 Å². The molecule has 20 heavy (non-hydrogen) atoms. The molecule has 0 aromatic rings. The first kappa shape index (κ1) is 17.4. The van der Waals surface area contributed by atoms with Crippen molar-refractivity contribution < 1.29 is 4.79 Å². The number of carbonyl (C=O) groups is 1. The third kappa shape index (κ3) is 5.77. The minimum Gasteiger partial charge on any atom is -0.339 e. The lowest BCUT2D eigenvalue weighted by atomic mass is 10.2. The van der Waals surface area contributed by atoms with Crippen LogP contribution in [0.1, 0.15) is 27.7 Å². The molecular weight excluding hydrogens is 252 g/mol. The van der Waals surface area contributed by atoms with Crippen molar-refractivity contribution >= 4 is 5.91 Å². The summed E-state index contributed by atoms with van der Waals surface area (Å²) >= 11 is 0. The molecule has 1 heterocycles. The van der Waals surface area contributed by atoms with Crippen LogP contribution in [0.4, 0.5) is 0 Å². The zero-order valence-electron chi connectivity index (χ0n) is 13.9. The van der Waals surface area contributed by atoms with Crippen molar-refractivity contribution in [1.29, 1.82) is 0 Å². The third-order valence-electron chi connectivity index (χ3n) is 4.01. The molecule has 1 amide bonds. The lowest BCUT2D eigenvalue weighted by Crippen LogP contribution is -2.50. The van der Waals surface area contributed by atoms with E-state index in [0.29, 0.717) is 18.6 Å². The van der Waals surface area contributed by atoms with Gasteiger partial charge in [0.1, 0.15) is 0 Å². The van der Waals surface area contributed by atoms with Crippen molar-refractivity contribution in [2.75, 3.05) is 52.9 Å². The van der Waals surface area contributed by atoms with Gasteiger partial charge in [0.05, 0.1) is 6.54 Å². The number of rotatable bonds is 7. The number of nitrogens with zero attached hydrogens (tertiary/aromatic N) is 3. The van der Waals surface area contributed by atoms with Gasteiger partial charge in [-0.3, -0.25) is 9.69 Å². The monoisotopic (exact) mass is 284 g/mol. The lowest BCUT2D eigenvalue weighted by molar-refractivity contribution is -0.131. The fourth-order valence-corrected chi connectivity index (χ4v) is 2.68. The summed E-state index contributed by atoms with van der Waals surface area (Å²) in [6, 6.07) is 1.09. The van der Waals surface area contributed by atoms with Crippen LogP contribution in [0.5, 0.6) is 0 Å². The van der Waals surface area contributed by atoms with Crippen molar-refractivity contribution in [2.45, 2.75) is 39.8 Å². The van der Waals surface area contributed by atoms with Gasteiger partial charge in [0.2, 0.25) is 5.91 Å². The molecule has 0 atom stereocenters. The van der Waals surface area contributed by atoms with E-state index in [4.69, 9.17) is 0 Å². The zero-order valence-corrected chi connectivity index (χ0v) is 13.9. The Morgan fingerprint density at radius 2 is 1.65 bits per heavy atom. The van der Waals surface area contributed by atoms with E-state index in [1.165, 1.54) is 0 Å². The van der Waals surface area contributed by atoms with Crippen molar-refractivity contribution in [1.82, 2.24) is 20.0 Å². The average molecular weight is 284 g/mol. The van der Waals surface area contributed by atoms with E-state index in [9.17, 15) is 4.79 Å². The van der Waals surface area contributed by atoms with Crippen molar-refractivity contribution in [3.63, 3.8) is 0 Å². The van der Waals surface area contributed by atoms with Crippen LogP contribution in [0.25, 0.3) is 0 Å². The highest BCUT2D eigenvalue weighted by Crippen LogP contribution is 2.03. The predicted molar refractivity (Wildman–Crippen MR) is 83.9 cm³/mol. The SMILES string of the molecule is CC(C)N(CCNCC(=O)N1CCN(C)CC1)C(C)C. The molecule has 0 bridgehead atoms. The molecule has 1 rings (SSSR count). The molecule has 1 aliphatic heterocycles. The maximum atomic E-state index is 12.0. The normalized spacial score (nSPS) is 17.5. The van der Waals surface area contributed by atoms with Gasteiger partial charge < -0.3 is 15.1 Å². The number of likely N-dealkylation sites (N-methyl/N-ethyl adjacent to an activating group) is 1. The predicted octanol–water partition coefficient (Wildman–Crippen LogP) is 0.469. The van der Waals surface area contributed by atoms with Crippen molar-refractivity contribution in [3.05, 3.63) is 0 Å². The highest BCUT2D eigenvalue weighted by molar-refractivity contribution is 5.78. The van der Waals surface area contributed by atoms with Gasteiger partial charge in [0.25, 0.3) is 0 Å². The van der Waals surface area contributed by atoms with Crippen LogP contribution in [0.15, 0.2) is 0 Å². The molecule has 0 spiro atoms. The zero-order chi connectivity index (χ0) is 15.1. The molecule has 0 unspecified atom stereocenters. The first-order valence-electron chi connectivity index (χ1n) is 7.84. The Morgan fingerprint density at radius 1 is 1.10 bits per heavy atom. The Balaban J connectivity index is 2.18. The van der Waals surface area contributed by atoms with Crippen LogP contribution < -0.4 is 5.32 Å². The van der Waals surface area contributed by atoms with Crippen molar-refractivity contribution in [3.8, 4) is 0 Å². The minimum atomic E-state index is 0.235. The summed E-state index contributed by atoms with van der Waals surface area (Å²) < 4.78 is 0. The summed E-state index contributed by atoms with van der Waals surface area (Å²) in [6.07, 6.45) is 0. The summed E-state index contributed by atoms with van der Waals surface area (Å²) in [6.45, 7) is 14.9. The molecule has 5 heteroatoms. The van der Waals surface area contributed by atoms with Gasteiger partial charge in [-0.05, 0) is 34.7 Å². The van der Waals surface area contributed by atoms with Gasteiger partial charge in [0, 0.05) is 51.4 Å². The smallest absolute Gasteiger partial charge is 0.236 e. The van der Waals surface area contributed by atoms with Crippen LogP contribution in [0.3, 0.4) is 0 Å². The Hall–Kier alpha value is -0.650. The molecule has 118 valence electrons. The number of hydrogen-bond acceptors (Lipinski definition) is 4. The van der Waals surface area contributed by atoms with Crippen molar-refractivity contribution in [2.24, 2.45) is 0 Å². The van der Waals surface area contributed by atoms with E-state index in [2.05, 4.69) is 49.9 Å². The van der Waals surface area contributed by atoms with E-state index in [0.717, 1.165) is 39.3 Å².